The first-order valence-electron chi connectivity index (χ1n) is 12.7. The van der Waals surface area contributed by atoms with Gasteiger partial charge in [0.2, 0.25) is 0 Å². The molecule has 1 heterocycles. The van der Waals surface area contributed by atoms with Crippen LogP contribution in [0, 0.1) is 5.92 Å². The second-order valence-electron chi connectivity index (χ2n) is 10.0. The van der Waals surface area contributed by atoms with Crippen LogP contribution in [-0.2, 0) is 23.2 Å². The van der Waals surface area contributed by atoms with E-state index in [9.17, 15) is 9.90 Å². The number of likely N-dealkylation sites (tertiary alicyclic amines) is 1. The highest BCUT2D eigenvalue weighted by Gasteiger charge is 2.55. The second-order valence-corrected chi connectivity index (χ2v) is 10.8. The molecule has 3 atom stereocenters. The van der Waals surface area contributed by atoms with Gasteiger partial charge in [0.25, 0.3) is 0 Å². The standard InChI is InChI=1S/C28H34BrNO4/c1-2-3-15-33-24-17-22-20(25(29)26(24)31)16-23-21-11-7-8-12-28(21,22)13-14-30(23)27(32)34-18-19-9-5-4-6-10-19/h4-6,9-10,17,21,23,31H,2-3,7-8,11-16,18H2,1H3/t21?,23-,28-/m0/s1. The van der Waals surface area contributed by atoms with Crippen LogP contribution >= 0.6 is 15.9 Å². The van der Waals surface area contributed by atoms with Gasteiger partial charge in [-0.05, 0) is 76.7 Å². The van der Waals surface area contributed by atoms with Crippen LogP contribution in [0.4, 0.5) is 4.79 Å². The molecule has 2 aliphatic carbocycles. The lowest BCUT2D eigenvalue weighted by Gasteiger charge is -2.58. The zero-order valence-corrected chi connectivity index (χ0v) is 21.5. The van der Waals surface area contributed by atoms with Crippen molar-refractivity contribution in [1.82, 2.24) is 4.90 Å². The van der Waals surface area contributed by atoms with E-state index in [1.165, 1.54) is 18.4 Å². The fraction of sp³-hybridized carbons (Fsp3) is 0.536. The highest BCUT2D eigenvalue weighted by molar-refractivity contribution is 9.10. The fourth-order valence-corrected chi connectivity index (χ4v) is 7.11. The van der Waals surface area contributed by atoms with Gasteiger partial charge in [-0.1, -0.05) is 56.5 Å². The maximum absolute atomic E-state index is 13.2. The van der Waals surface area contributed by atoms with Crippen LogP contribution in [0.15, 0.2) is 40.9 Å². The molecule has 0 spiro atoms. The number of rotatable bonds is 6. The minimum Gasteiger partial charge on any atom is -0.503 e. The van der Waals surface area contributed by atoms with Gasteiger partial charge in [0.1, 0.15) is 6.61 Å². The number of aromatic hydroxyl groups is 1. The van der Waals surface area contributed by atoms with Gasteiger partial charge in [-0.2, -0.15) is 0 Å². The van der Waals surface area contributed by atoms with E-state index in [4.69, 9.17) is 9.47 Å². The number of piperidine rings is 1. The molecule has 1 amide bonds. The zero-order chi connectivity index (χ0) is 23.7. The summed E-state index contributed by atoms with van der Waals surface area (Å²) in [7, 11) is 0. The number of phenolic OH excluding ortho intramolecular Hbond substituents is 1. The van der Waals surface area contributed by atoms with Crippen LogP contribution in [0.5, 0.6) is 11.5 Å². The summed E-state index contributed by atoms with van der Waals surface area (Å²) < 4.78 is 12.5. The molecule has 6 heteroatoms. The van der Waals surface area contributed by atoms with Crippen LogP contribution in [0.25, 0.3) is 0 Å². The number of amides is 1. The molecule has 2 aromatic rings. The van der Waals surface area contributed by atoms with E-state index in [1.807, 2.05) is 35.2 Å². The lowest BCUT2D eigenvalue weighted by atomic mass is 9.52. The van der Waals surface area contributed by atoms with Crippen molar-refractivity contribution in [3.8, 4) is 11.5 Å². The topological polar surface area (TPSA) is 59.0 Å². The van der Waals surface area contributed by atoms with Gasteiger partial charge < -0.3 is 19.5 Å². The van der Waals surface area contributed by atoms with E-state index < -0.39 is 0 Å². The van der Waals surface area contributed by atoms with Crippen molar-refractivity contribution in [3.63, 3.8) is 0 Å². The number of ether oxygens (including phenoxy) is 2. The summed E-state index contributed by atoms with van der Waals surface area (Å²) in [6.07, 6.45) is 8.09. The Bertz CT molecular complexity index is 1040. The third kappa shape index (κ3) is 4.08. The SMILES string of the molecule is CCCCOc1cc2c(c(Br)c1O)C[C@H]1C3CCCC[C@@]23CCN1C(=O)OCc1ccccc1. The number of nitrogens with zero attached hydrogens (tertiary/aromatic N) is 1. The van der Waals surface area contributed by atoms with Gasteiger partial charge in [0.05, 0.1) is 11.1 Å². The number of carbonyl (C=O) groups is 1. The maximum Gasteiger partial charge on any atom is 0.410 e. The van der Waals surface area contributed by atoms with Crippen molar-refractivity contribution in [3.05, 3.63) is 57.6 Å². The van der Waals surface area contributed by atoms with Gasteiger partial charge in [0.15, 0.2) is 11.5 Å². The predicted molar refractivity (Wildman–Crippen MR) is 135 cm³/mol. The molecule has 182 valence electrons. The van der Waals surface area contributed by atoms with Crippen LogP contribution in [0.2, 0.25) is 0 Å². The van der Waals surface area contributed by atoms with E-state index in [-0.39, 0.29) is 29.9 Å². The number of halogens is 1. The number of fused-ring (bicyclic) bond motifs is 1. The maximum atomic E-state index is 13.2. The Kier molecular flexibility index (Phi) is 6.79. The van der Waals surface area contributed by atoms with Crippen LogP contribution in [0.1, 0.15) is 68.6 Å². The summed E-state index contributed by atoms with van der Waals surface area (Å²) >= 11 is 3.70. The van der Waals surface area contributed by atoms with E-state index in [2.05, 4.69) is 28.9 Å². The van der Waals surface area contributed by atoms with Crippen LogP contribution in [-0.4, -0.2) is 35.3 Å². The van der Waals surface area contributed by atoms with Crippen molar-refractivity contribution < 1.29 is 19.4 Å². The number of hydrogen-bond donors (Lipinski definition) is 1. The molecule has 0 radical (unpaired) electrons. The van der Waals surface area contributed by atoms with Crippen molar-refractivity contribution in [2.75, 3.05) is 13.2 Å². The zero-order valence-electron chi connectivity index (χ0n) is 19.9. The first-order chi connectivity index (χ1) is 16.5. The number of benzene rings is 2. The van der Waals surface area contributed by atoms with Crippen molar-refractivity contribution >= 4 is 22.0 Å². The molecule has 0 aromatic heterocycles. The number of hydrogen-bond acceptors (Lipinski definition) is 4. The number of carbonyl (C=O) groups excluding carboxylic acids is 1. The first kappa shape index (κ1) is 23.5. The highest BCUT2D eigenvalue weighted by Crippen LogP contribution is 2.58. The minimum atomic E-state index is -0.226. The molecule has 5 nitrogen and oxygen atoms in total. The molecule has 1 aliphatic heterocycles. The lowest BCUT2D eigenvalue weighted by Crippen LogP contribution is -2.62. The third-order valence-corrected chi connectivity index (χ3v) is 9.07. The molecule has 34 heavy (non-hydrogen) atoms. The Morgan fingerprint density at radius 2 is 2.06 bits per heavy atom. The Hall–Kier alpha value is -2.21. The van der Waals surface area contributed by atoms with Gasteiger partial charge >= 0.3 is 6.09 Å². The van der Waals surface area contributed by atoms with Crippen molar-refractivity contribution in [2.24, 2.45) is 5.92 Å². The Labute approximate surface area is 210 Å². The average Bonchev–Trinajstić information content (AvgIpc) is 2.86. The third-order valence-electron chi connectivity index (χ3n) is 8.21. The van der Waals surface area contributed by atoms with Crippen LogP contribution in [0.3, 0.4) is 0 Å². The predicted octanol–water partition coefficient (Wildman–Crippen LogP) is 6.73. The summed E-state index contributed by atoms with van der Waals surface area (Å²) in [6.45, 7) is 3.74. The summed E-state index contributed by atoms with van der Waals surface area (Å²) in [4.78, 5) is 15.2. The second kappa shape index (κ2) is 9.80. The molecule has 3 aliphatic rings. The summed E-state index contributed by atoms with van der Waals surface area (Å²) in [6, 6.07) is 12.0. The molecule has 1 saturated heterocycles. The van der Waals surface area contributed by atoms with E-state index in [0.717, 1.165) is 54.1 Å². The van der Waals surface area contributed by atoms with Crippen molar-refractivity contribution in [1.29, 1.82) is 0 Å². The summed E-state index contributed by atoms with van der Waals surface area (Å²) in [5, 5.41) is 10.9. The Morgan fingerprint density at radius 3 is 2.85 bits per heavy atom. The molecule has 2 bridgehead atoms. The highest BCUT2D eigenvalue weighted by atomic mass is 79.9. The lowest BCUT2D eigenvalue weighted by molar-refractivity contribution is -0.0139. The van der Waals surface area contributed by atoms with Crippen LogP contribution < -0.4 is 4.74 Å². The minimum absolute atomic E-state index is 0.0335. The summed E-state index contributed by atoms with van der Waals surface area (Å²) in [5.74, 6) is 1.17. The largest absolute Gasteiger partial charge is 0.503 e. The molecular weight excluding hydrogens is 494 g/mol. The molecular formula is C28H34BrNO4. The average molecular weight is 528 g/mol. The van der Waals surface area contributed by atoms with E-state index >= 15 is 0 Å². The molecule has 5 rings (SSSR count). The monoisotopic (exact) mass is 527 g/mol. The van der Waals surface area contributed by atoms with Crippen molar-refractivity contribution in [2.45, 2.75) is 76.4 Å². The number of unbranched alkanes of at least 4 members (excludes halogenated alkanes) is 1. The molecule has 2 fully saturated rings. The fourth-order valence-electron chi connectivity index (χ4n) is 6.54. The Morgan fingerprint density at radius 1 is 1.24 bits per heavy atom. The van der Waals surface area contributed by atoms with Gasteiger partial charge in [-0.25, -0.2) is 4.79 Å². The van der Waals surface area contributed by atoms with Gasteiger partial charge in [-0.15, -0.1) is 0 Å². The van der Waals surface area contributed by atoms with E-state index in [1.54, 1.807) is 0 Å². The molecule has 2 aromatic carbocycles. The Balaban J connectivity index is 1.45. The van der Waals surface area contributed by atoms with Gasteiger partial charge in [0, 0.05) is 18.0 Å². The number of phenols is 1. The normalized spacial score (nSPS) is 25.3. The molecule has 1 saturated carbocycles. The van der Waals surface area contributed by atoms with Gasteiger partial charge in [-0.3, -0.25) is 0 Å². The quantitative estimate of drug-likeness (QED) is 0.423. The molecule has 1 N–H and O–H groups in total. The molecule has 1 unspecified atom stereocenters. The summed E-state index contributed by atoms with van der Waals surface area (Å²) in [5.41, 5.74) is 3.48. The van der Waals surface area contributed by atoms with E-state index in [0.29, 0.717) is 24.8 Å². The first-order valence-corrected chi connectivity index (χ1v) is 13.5. The smallest absolute Gasteiger partial charge is 0.410 e.